The van der Waals surface area contributed by atoms with Gasteiger partial charge in [0.2, 0.25) is 11.2 Å². The van der Waals surface area contributed by atoms with Crippen molar-refractivity contribution in [3.05, 3.63) is 22.8 Å². The Hall–Kier alpha value is -1.89. The molecule has 0 saturated heterocycles. The van der Waals surface area contributed by atoms with Crippen LogP contribution >= 0.6 is 11.6 Å². The Morgan fingerprint density at radius 2 is 2.24 bits per heavy atom. The molecule has 0 atom stereocenters. The maximum absolute atomic E-state index is 5.70. The molecule has 0 fully saturated rings. The Morgan fingerprint density at radius 3 is 2.88 bits per heavy atom. The molecule has 17 heavy (non-hydrogen) atoms. The van der Waals surface area contributed by atoms with Crippen molar-refractivity contribution in [2.45, 2.75) is 13.5 Å². The SMILES string of the molecule is COc1nc(Cl)nc(NCc2cc(C)on2)n1. The second kappa shape index (κ2) is 4.96. The maximum Gasteiger partial charge on any atom is 0.322 e. The second-order valence-corrected chi connectivity index (χ2v) is 3.54. The van der Waals surface area contributed by atoms with Gasteiger partial charge in [0.1, 0.15) is 11.5 Å². The van der Waals surface area contributed by atoms with E-state index < -0.39 is 0 Å². The van der Waals surface area contributed by atoms with E-state index in [-0.39, 0.29) is 11.3 Å². The summed E-state index contributed by atoms with van der Waals surface area (Å²) in [5.41, 5.74) is 0.748. The molecule has 2 aromatic rings. The van der Waals surface area contributed by atoms with Crippen molar-refractivity contribution in [1.29, 1.82) is 0 Å². The van der Waals surface area contributed by atoms with Gasteiger partial charge < -0.3 is 14.6 Å². The molecule has 2 heterocycles. The van der Waals surface area contributed by atoms with Gasteiger partial charge in [0.25, 0.3) is 0 Å². The number of aromatic nitrogens is 4. The van der Waals surface area contributed by atoms with Crippen molar-refractivity contribution in [3.63, 3.8) is 0 Å². The molecule has 0 aliphatic heterocycles. The molecule has 0 unspecified atom stereocenters. The summed E-state index contributed by atoms with van der Waals surface area (Å²) < 4.78 is 9.80. The van der Waals surface area contributed by atoms with Crippen LogP contribution in [0.5, 0.6) is 6.01 Å². The first kappa shape index (κ1) is 11.6. The summed E-state index contributed by atoms with van der Waals surface area (Å²) in [6, 6.07) is 1.97. The highest BCUT2D eigenvalue weighted by Gasteiger charge is 2.06. The standard InChI is InChI=1S/C9H10ClN5O2/c1-5-3-6(15-17-5)4-11-8-12-7(10)13-9(14-8)16-2/h3H,4H2,1-2H3,(H,11,12,13,14). The van der Waals surface area contributed by atoms with Crippen LogP contribution in [-0.4, -0.2) is 27.2 Å². The fourth-order valence-electron chi connectivity index (χ4n) is 1.17. The summed E-state index contributed by atoms with van der Waals surface area (Å²) in [4.78, 5) is 11.6. The minimum absolute atomic E-state index is 0.0654. The lowest BCUT2D eigenvalue weighted by Gasteiger charge is -2.03. The maximum atomic E-state index is 5.70. The molecular weight excluding hydrogens is 246 g/mol. The zero-order valence-corrected chi connectivity index (χ0v) is 10.0. The number of methoxy groups -OCH3 is 1. The van der Waals surface area contributed by atoms with Gasteiger partial charge in [0.15, 0.2) is 0 Å². The lowest BCUT2D eigenvalue weighted by molar-refractivity contribution is 0.378. The number of anilines is 1. The number of hydrogen-bond acceptors (Lipinski definition) is 7. The summed E-state index contributed by atoms with van der Waals surface area (Å²) in [6.45, 7) is 2.25. The largest absolute Gasteiger partial charge is 0.467 e. The van der Waals surface area contributed by atoms with E-state index in [4.69, 9.17) is 20.9 Å². The predicted octanol–water partition coefficient (Wildman–Crippen LogP) is 1.44. The first-order chi connectivity index (χ1) is 8.17. The summed E-state index contributed by atoms with van der Waals surface area (Å²) in [5.74, 6) is 1.07. The van der Waals surface area contributed by atoms with Crippen LogP contribution in [0.2, 0.25) is 5.28 Å². The Balaban J connectivity index is 2.05. The highest BCUT2D eigenvalue weighted by Crippen LogP contribution is 2.11. The van der Waals surface area contributed by atoms with E-state index in [2.05, 4.69) is 25.4 Å². The molecule has 0 spiro atoms. The zero-order valence-electron chi connectivity index (χ0n) is 9.27. The number of halogens is 1. The van der Waals surface area contributed by atoms with Gasteiger partial charge in [-0.25, -0.2) is 0 Å². The first-order valence-electron chi connectivity index (χ1n) is 4.79. The van der Waals surface area contributed by atoms with Gasteiger partial charge >= 0.3 is 6.01 Å². The minimum atomic E-state index is 0.0654. The molecule has 2 rings (SSSR count). The lowest BCUT2D eigenvalue weighted by atomic mass is 10.4. The third-order valence-electron chi connectivity index (χ3n) is 1.87. The molecule has 0 aliphatic carbocycles. The van der Waals surface area contributed by atoms with Crippen LogP contribution in [0.1, 0.15) is 11.5 Å². The fourth-order valence-corrected chi connectivity index (χ4v) is 1.33. The van der Waals surface area contributed by atoms with E-state index >= 15 is 0 Å². The highest BCUT2D eigenvalue weighted by molar-refractivity contribution is 6.28. The predicted molar refractivity (Wildman–Crippen MR) is 60.0 cm³/mol. The number of rotatable bonds is 4. The topological polar surface area (TPSA) is 86.0 Å². The molecule has 7 nitrogen and oxygen atoms in total. The van der Waals surface area contributed by atoms with E-state index in [9.17, 15) is 0 Å². The fraction of sp³-hybridized carbons (Fsp3) is 0.333. The summed E-state index contributed by atoms with van der Waals surface area (Å²) in [7, 11) is 1.45. The summed E-state index contributed by atoms with van der Waals surface area (Å²) in [5, 5.41) is 6.83. The van der Waals surface area contributed by atoms with Crippen molar-refractivity contribution >= 4 is 17.5 Å². The number of nitrogens with one attached hydrogen (secondary N) is 1. The Bertz CT molecular complexity index is 516. The molecule has 0 bridgehead atoms. The third-order valence-corrected chi connectivity index (χ3v) is 2.04. The average Bonchev–Trinajstić information content (AvgIpc) is 2.72. The summed E-state index contributed by atoms with van der Waals surface area (Å²) >= 11 is 5.70. The number of ether oxygens (including phenoxy) is 1. The average molecular weight is 256 g/mol. The van der Waals surface area contributed by atoms with Gasteiger partial charge in [-0.05, 0) is 18.5 Å². The summed E-state index contributed by atoms with van der Waals surface area (Å²) in [6.07, 6.45) is 0. The second-order valence-electron chi connectivity index (χ2n) is 3.20. The van der Waals surface area contributed by atoms with Crippen LogP contribution in [0, 0.1) is 6.92 Å². The van der Waals surface area contributed by atoms with Gasteiger partial charge in [-0.3, -0.25) is 0 Å². The minimum Gasteiger partial charge on any atom is -0.467 e. The van der Waals surface area contributed by atoms with Gasteiger partial charge in [0, 0.05) is 6.07 Å². The van der Waals surface area contributed by atoms with Gasteiger partial charge in [-0.1, -0.05) is 5.16 Å². The lowest BCUT2D eigenvalue weighted by Crippen LogP contribution is -2.06. The van der Waals surface area contributed by atoms with E-state index in [0.29, 0.717) is 12.5 Å². The molecule has 2 aromatic heterocycles. The van der Waals surface area contributed by atoms with E-state index in [1.54, 1.807) is 0 Å². The van der Waals surface area contributed by atoms with E-state index in [0.717, 1.165) is 11.5 Å². The van der Waals surface area contributed by atoms with Gasteiger partial charge in [0.05, 0.1) is 13.7 Å². The first-order valence-corrected chi connectivity index (χ1v) is 5.17. The normalized spacial score (nSPS) is 10.3. The molecule has 90 valence electrons. The van der Waals surface area contributed by atoms with Crippen LogP contribution in [-0.2, 0) is 6.54 Å². The monoisotopic (exact) mass is 255 g/mol. The van der Waals surface area contributed by atoms with E-state index in [1.165, 1.54) is 7.11 Å². The molecule has 8 heteroatoms. The van der Waals surface area contributed by atoms with Gasteiger partial charge in [-0.2, -0.15) is 15.0 Å². The molecule has 0 aliphatic rings. The van der Waals surface area contributed by atoms with Crippen LogP contribution in [0.25, 0.3) is 0 Å². The van der Waals surface area contributed by atoms with Crippen LogP contribution in [0.3, 0.4) is 0 Å². The molecule has 0 saturated carbocycles. The Kier molecular flexibility index (Phi) is 3.38. The molecule has 0 amide bonds. The van der Waals surface area contributed by atoms with Crippen molar-refractivity contribution < 1.29 is 9.26 Å². The number of aryl methyl sites for hydroxylation is 1. The number of hydrogen-bond donors (Lipinski definition) is 1. The zero-order chi connectivity index (χ0) is 12.3. The van der Waals surface area contributed by atoms with Gasteiger partial charge in [-0.15, -0.1) is 0 Å². The van der Waals surface area contributed by atoms with Crippen molar-refractivity contribution in [2.24, 2.45) is 0 Å². The Labute approximate surface area is 102 Å². The Morgan fingerprint density at radius 1 is 1.41 bits per heavy atom. The van der Waals surface area contributed by atoms with Crippen molar-refractivity contribution in [1.82, 2.24) is 20.1 Å². The molecule has 1 N–H and O–H groups in total. The van der Waals surface area contributed by atoms with E-state index in [1.807, 2.05) is 13.0 Å². The smallest absolute Gasteiger partial charge is 0.322 e. The van der Waals surface area contributed by atoms with Crippen molar-refractivity contribution in [2.75, 3.05) is 12.4 Å². The molecule has 0 radical (unpaired) electrons. The number of nitrogens with zero attached hydrogens (tertiary/aromatic N) is 4. The molecule has 0 aromatic carbocycles. The van der Waals surface area contributed by atoms with Crippen LogP contribution in [0.4, 0.5) is 5.95 Å². The van der Waals surface area contributed by atoms with Crippen LogP contribution < -0.4 is 10.1 Å². The molecular formula is C9H10ClN5O2. The quantitative estimate of drug-likeness (QED) is 0.885. The van der Waals surface area contributed by atoms with Crippen LogP contribution in [0.15, 0.2) is 10.6 Å². The highest BCUT2D eigenvalue weighted by atomic mass is 35.5. The third kappa shape index (κ3) is 3.04. The van der Waals surface area contributed by atoms with Crippen molar-refractivity contribution in [3.8, 4) is 6.01 Å².